The molecule has 0 atom stereocenters. The molecule has 0 aromatic rings. The molecule has 0 radical (unpaired) electrons. The summed E-state index contributed by atoms with van der Waals surface area (Å²) in [5.74, 6) is -14.1. The van der Waals surface area contributed by atoms with E-state index in [1.165, 1.54) is 0 Å². The molecule has 0 amide bonds. The van der Waals surface area contributed by atoms with Gasteiger partial charge in [-0.2, -0.15) is 39.5 Å². The van der Waals surface area contributed by atoms with E-state index in [-0.39, 0.29) is 4.72 Å². The second-order valence-electron chi connectivity index (χ2n) is 2.59. The van der Waals surface area contributed by atoms with Gasteiger partial charge in [0, 0.05) is 0 Å². The largest absolute Gasteiger partial charge is 0.460 e. The van der Waals surface area contributed by atoms with Gasteiger partial charge in [0.1, 0.15) is 0 Å². The van der Waals surface area contributed by atoms with Crippen LogP contribution in [0.1, 0.15) is 0 Å². The fourth-order valence-electron chi connectivity index (χ4n) is 0.560. The smallest absolute Gasteiger partial charge is 0.215 e. The number of thiol groups is 1. The fraction of sp³-hybridized carbons (Fsp3) is 1.00. The predicted molar refractivity (Wildman–Crippen MR) is 34.3 cm³/mol. The van der Waals surface area contributed by atoms with Crippen molar-refractivity contribution in [2.24, 2.45) is 0 Å². The lowest BCUT2D eigenvalue weighted by Gasteiger charge is -2.32. The van der Waals surface area contributed by atoms with Gasteiger partial charge in [-0.3, -0.25) is 0 Å². The van der Waals surface area contributed by atoms with Crippen LogP contribution in [-0.4, -0.2) is 32.5 Å². The number of halogens is 9. The van der Waals surface area contributed by atoms with Crippen molar-refractivity contribution in [3.63, 3.8) is 0 Å². The average molecular weight is 299 g/mol. The molecule has 0 heterocycles. The summed E-state index contributed by atoms with van der Waals surface area (Å²) >= 11 is 0. The Morgan fingerprint density at radius 2 is 1.06 bits per heavy atom. The zero-order valence-electron chi connectivity index (χ0n) is 7.17. The maximum Gasteiger partial charge on any atom is 0.460 e. The predicted octanol–water partition coefficient (Wildman–Crippen LogP) is 1.53. The first kappa shape index (κ1) is 16.3. The van der Waals surface area contributed by atoms with Crippen LogP contribution < -0.4 is 4.72 Å². The van der Waals surface area contributed by atoms with Crippen LogP contribution in [-0.2, 0) is 10.9 Å². The molecule has 0 aromatic heterocycles. The fourth-order valence-corrected chi connectivity index (χ4v) is 0.930. The third-order valence-corrected chi connectivity index (χ3v) is 1.84. The molecule has 1 N–H and O–H groups in total. The summed E-state index contributed by atoms with van der Waals surface area (Å²) in [6, 6.07) is -6.29. The summed E-state index contributed by atoms with van der Waals surface area (Å²) in [5.41, 5.74) is 0. The molecule has 0 spiro atoms. The Morgan fingerprint density at radius 1 is 0.706 bits per heavy atom. The number of rotatable bonds is 4. The molecule has 0 aromatic carbocycles. The van der Waals surface area contributed by atoms with Gasteiger partial charge in [0.15, 0.2) is 0 Å². The highest BCUT2D eigenvalue weighted by Crippen LogP contribution is 2.52. The molecule has 0 bridgehead atoms. The lowest BCUT2D eigenvalue weighted by atomic mass is 10.1. The minimum atomic E-state index is -7.11. The second kappa shape index (κ2) is 4.19. The molecular formula is C4H2F9NO2S. The third-order valence-electron chi connectivity index (χ3n) is 1.38. The molecule has 0 aliphatic rings. The van der Waals surface area contributed by atoms with E-state index in [4.69, 9.17) is 0 Å². The van der Waals surface area contributed by atoms with E-state index in [1.807, 2.05) is 0 Å². The highest BCUT2D eigenvalue weighted by molar-refractivity contribution is 7.70. The topological polar surface area (TPSA) is 46.2 Å². The van der Waals surface area contributed by atoms with Crippen LogP contribution in [0.4, 0.5) is 39.5 Å². The van der Waals surface area contributed by atoms with Crippen molar-refractivity contribution >= 4 is 10.9 Å². The molecule has 104 valence electrons. The Balaban J connectivity index is 5.54. The van der Waals surface area contributed by atoms with E-state index in [9.17, 15) is 47.9 Å². The number of nitrogens with one attached hydrogen (secondary N) is 1. The van der Waals surface area contributed by atoms with Gasteiger partial charge in [-0.15, -0.1) is 4.72 Å². The average Bonchev–Trinajstić information content (AvgIpc) is 1.98. The molecular weight excluding hydrogens is 297 g/mol. The second-order valence-corrected chi connectivity index (χ2v) is 3.33. The van der Waals surface area contributed by atoms with E-state index in [0.29, 0.717) is 0 Å². The molecule has 0 aliphatic carbocycles. The minimum absolute atomic E-state index is 0.372. The third kappa shape index (κ3) is 2.75. The zero-order valence-corrected chi connectivity index (χ0v) is 8.06. The van der Waals surface area contributed by atoms with Crippen LogP contribution in [0, 0.1) is 0 Å². The monoisotopic (exact) mass is 299 g/mol. The summed E-state index contributed by atoms with van der Waals surface area (Å²) < 4.78 is 126. The Hall–Kier alpha value is -0.720. The molecule has 0 rings (SSSR count). The molecule has 17 heavy (non-hydrogen) atoms. The lowest BCUT2D eigenvalue weighted by molar-refractivity contribution is -0.397. The van der Waals surface area contributed by atoms with Crippen molar-refractivity contribution in [2.75, 3.05) is 0 Å². The van der Waals surface area contributed by atoms with Gasteiger partial charge < -0.3 is 0 Å². The Bertz CT molecular complexity index is 350. The van der Waals surface area contributed by atoms with Gasteiger partial charge >= 0.3 is 24.1 Å². The first-order valence-electron chi connectivity index (χ1n) is 3.29. The Labute approximate surface area is 88.7 Å². The quantitative estimate of drug-likeness (QED) is 0.470. The van der Waals surface area contributed by atoms with Crippen LogP contribution in [0.3, 0.4) is 0 Å². The van der Waals surface area contributed by atoms with Crippen LogP contribution in [0.25, 0.3) is 0 Å². The minimum Gasteiger partial charge on any atom is -0.215 e. The number of hydrogen-bond donors (Lipinski definition) is 2. The molecule has 13 heteroatoms. The van der Waals surface area contributed by atoms with Crippen LogP contribution in [0.5, 0.6) is 0 Å². The zero-order chi connectivity index (χ0) is 14.3. The highest BCUT2D eigenvalue weighted by Gasteiger charge is 2.82. The first-order valence-corrected chi connectivity index (χ1v) is 4.47. The summed E-state index contributed by atoms with van der Waals surface area (Å²) in [5, 5.41) is 0. The van der Waals surface area contributed by atoms with E-state index >= 15 is 0 Å². The molecule has 3 nitrogen and oxygen atoms in total. The van der Waals surface area contributed by atoms with Crippen molar-refractivity contribution in [1.29, 1.82) is 0 Å². The maximum absolute atomic E-state index is 12.3. The van der Waals surface area contributed by atoms with Gasteiger partial charge in [-0.25, -0.2) is 8.42 Å². The van der Waals surface area contributed by atoms with Gasteiger partial charge in [-0.1, -0.05) is 0 Å². The molecule has 0 saturated heterocycles. The normalized spacial score (nSPS) is 15.4. The van der Waals surface area contributed by atoms with Crippen molar-refractivity contribution in [1.82, 2.24) is 4.72 Å². The SMILES string of the molecule is O=[SH](=O)NC(F)(F)C(F)(F)C(F)(F)C(F)(F)F. The van der Waals surface area contributed by atoms with Gasteiger partial charge in [0.2, 0.25) is 10.9 Å². The lowest BCUT2D eigenvalue weighted by Crippen LogP contribution is -2.65. The summed E-state index contributed by atoms with van der Waals surface area (Å²) in [6.45, 7) is 0. The highest BCUT2D eigenvalue weighted by atomic mass is 32.2. The first-order chi connectivity index (χ1) is 7.17. The van der Waals surface area contributed by atoms with Gasteiger partial charge in [0.05, 0.1) is 0 Å². The maximum atomic E-state index is 12.3. The molecule has 0 saturated carbocycles. The number of alkyl halides is 9. The van der Waals surface area contributed by atoms with E-state index < -0.39 is 35.0 Å². The van der Waals surface area contributed by atoms with Crippen LogP contribution >= 0.6 is 0 Å². The molecule has 0 aliphatic heterocycles. The van der Waals surface area contributed by atoms with E-state index in [1.54, 1.807) is 0 Å². The molecule has 0 unspecified atom stereocenters. The summed E-state index contributed by atoms with van der Waals surface area (Å²) in [6.07, 6.45) is -6.98. The van der Waals surface area contributed by atoms with Crippen molar-refractivity contribution in [3.8, 4) is 0 Å². The summed E-state index contributed by atoms with van der Waals surface area (Å²) in [7, 11) is -4.52. The van der Waals surface area contributed by atoms with Crippen LogP contribution in [0.15, 0.2) is 0 Å². The summed E-state index contributed by atoms with van der Waals surface area (Å²) in [4.78, 5) is 0. The van der Waals surface area contributed by atoms with Gasteiger partial charge in [-0.05, 0) is 0 Å². The van der Waals surface area contributed by atoms with Crippen molar-refractivity contribution < 1.29 is 47.9 Å². The van der Waals surface area contributed by atoms with E-state index in [2.05, 4.69) is 0 Å². The number of hydrogen-bond acceptors (Lipinski definition) is 2. The van der Waals surface area contributed by atoms with Gasteiger partial charge in [0.25, 0.3) is 0 Å². The van der Waals surface area contributed by atoms with Crippen molar-refractivity contribution in [3.05, 3.63) is 0 Å². The van der Waals surface area contributed by atoms with Crippen LogP contribution in [0.2, 0.25) is 0 Å². The Morgan fingerprint density at radius 3 is 1.29 bits per heavy atom. The standard InChI is InChI=1S/C4H2F9NO2S/c5-1(6,3(9,10)11)2(7,8)4(12,13)14-17(15)16/h17H,(H,14,15,16). The van der Waals surface area contributed by atoms with Crippen molar-refractivity contribution in [2.45, 2.75) is 24.1 Å². The molecule has 0 fully saturated rings. The Kier molecular flexibility index (Phi) is 4.01. The van der Waals surface area contributed by atoms with E-state index in [0.717, 1.165) is 0 Å².